The molecule has 2 aromatic carbocycles. The minimum atomic E-state index is -0.195. The van der Waals surface area contributed by atoms with E-state index in [9.17, 15) is 4.79 Å². The van der Waals surface area contributed by atoms with Crippen LogP contribution in [0.1, 0.15) is 34.5 Å². The molecule has 1 unspecified atom stereocenters. The maximum Gasteiger partial charge on any atom is 0.251 e. The third-order valence-electron chi connectivity index (χ3n) is 4.27. The van der Waals surface area contributed by atoms with E-state index in [4.69, 9.17) is 21.1 Å². The molecule has 0 aliphatic carbocycles. The van der Waals surface area contributed by atoms with E-state index in [0.717, 1.165) is 11.1 Å². The third-order valence-corrected chi connectivity index (χ3v) is 4.52. The van der Waals surface area contributed by atoms with Gasteiger partial charge in [-0.15, -0.1) is 0 Å². The number of methoxy groups -OCH3 is 1. The van der Waals surface area contributed by atoms with Gasteiger partial charge in [-0.2, -0.15) is 0 Å². The van der Waals surface area contributed by atoms with Crippen molar-refractivity contribution in [1.29, 1.82) is 0 Å². The van der Waals surface area contributed by atoms with E-state index in [2.05, 4.69) is 10.3 Å². The topological polar surface area (TPSA) is 60.5 Å². The normalized spacial score (nSPS) is 11.5. The van der Waals surface area contributed by atoms with Gasteiger partial charge in [-0.3, -0.25) is 9.78 Å². The zero-order valence-corrected chi connectivity index (χ0v) is 16.4. The van der Waals surface area contributed by atoms with Crippen molar-refractivity contribution in [1.82, 2.24) is 10.3 Å². The lowest BCUT2D eigenvalue weighted by molar-refractivity contribution is 0.0939. The Balaban J connectivity index is 1.68. The van der Waals surface area contributed by atoms with Gasteiger partial charge in [-0.05, 0) is 54.4 Å². The number of ether oxygens (including phenoxy) is 2. The van der Waals surface area contributed by atoms with E-state index in [-0.39, 0.29) is 11.9 Å². The Morgan fingerprint density at radius 1 is 1.14 bits per heavy atom. The highest BCUT2D eigenvalue weighted by Gasteiger charge is 2.14. The Labute approximate surface area is 169 Å². The summed E-state index contributed by atoms with van der Waals surface area (Å²) in [4.78, 5) is 16.7. The van der Waals surface area contributed by atoms with E-state index < -0.39 is 0 Å². The summed E-state index contributed by atoms with van der Waals surface area (Å²) >= 11 is 5.90. The van der Waals surface area contributed by atoms with E-state index in [1.807, 2.05) is 43.3 Å². The van der Waals surface area contributed by atoms with Gasteiger partial charge in [-0.25, -0.2) is 0 Å². The highest BCUT2D eigenvalue weighted by atomic mass is 35.5. The SMILES string of the molecule is COc1cc(C(=O)NC(C)c2cccnc2)ccc1OCc1ccc(Cl)cc1. The number of amides is 1. The quantitative estimate of drug-likeness (QED) is 0.622. The molecule has 28 heavy (non-hydrogen) atoms. The summed E-state index contributed by atoms with van der Waals surface area (Å²) < 4.78 is 11.2. The Morgan fingerprint density at radius 3 is 2.61 bits per heavy atom. The molecule has 0 bridgehead atoms. The molecule has 0 spiro atoms. The predicted molar refractivity (Wildman–Crippen MR) is 109 cm³/mol. The Hall–Kier alpha value is -3.05. The van der Waals surface area contributed by atoms with Gasteiger partial charge < -0.3 is 14.8 Å². The first-order chi connectivity index (χ1) is 13.6. The summed E-state index contributed by atoms with van der Waals surface area (Å²) in [5.41, 5.74) is 2.41. The van der Waals surface area contributed by atoms with Gasteiger partial charge in [0, 0.05) is 23.0 Å². The monoisotopic (exact) mass is 396 g/mol. The van der Waals surface area contributed by atoms with Gasteiger partial charge in [-0.1, -0.05) is 29.8 Å². The fourth-order valence-electron chi connectivity index (χ4n) is 2.67. The molecule has 0 aliphatic heterocycles. The lowest BCUT2D eigenvalue weighted by Gasteiger charge is -2.15. The van der Waals surface area contributed by atoms with Crippen LogP contribution < -0.4 is 14.8 Å². The van der Waals surface area contributed by atoms with Gasteiger partial charge in [0.2, 0.25) is 0 Å². The van der Waals surface area contributed by atoms with E-state index in [0.29, 0.717) is 28.7 Å². The van der Waals surface area contributed by atoms with Crippen molar-refractivity contribution in [2.24, 2.45) is 0 Å². The molecule has 1 aromatic heterocycles. The zero-order chi connectivity index (χ0) is 19.9. The predicted octanol–water partition coefficient (Wildman–Crippen LogP) is 4.81. The van der Waals surface area contributed by atoms with Gasteiger partial charge in [0.15, 0.2) is 11.5 Å². The second-order valence-electron chi connectivity index (χ2n) is 6.26. The van der Waals surface area contributed by atoms with Gasteiger partial charge in [0.25, 0.3) is 5.91 Å². The molecule has 0 radical (unpaired) electrons. The standard InChI is InChI=1S/C22H21ClN2O3/c1-15(18-4-3-11-24-13-18)25-22(26)17-7-10-20(21(12-17)27-2)28-14-16-5-8-19(23)9-6-16/h3-13,15H,14H2,1-2H3,(H,25,26). The number of nitrogens with one attached hydrogen (secondary N) is 1. The maximum atomic E-state index is 12.6. The summed E-state index contributed by atoms with van der Waals surface area (Å²) in [6.45, 7) is 2.28. The van der Waals surface area contributed by atoms with Crippen LogP contribution in [0, 0.1) is 0 Å². The smallest absolute Gasteiger partial charge is 0.251 e. The van der Waals surface area contributed by atoms with E-state index >= 15 is 0 Å². The molecule has 1 N–H and O–H groups in total. The Bertz CT molecular complexity index is 930. The van der Waals surface area contributed by atoms with Gasteiger partial charge in [0.1, 0.15) is 6.61 Å². The fraction of sp³-hybridized carbons (Fsp3) is 0.182. The summed E-state index contributed by atoms with van der Waals surface area (Å²) in [6, 6.07) is 16.1. The first-order valence-electron chi connectivity index (χ1n) is 8.83. The molecule has 0 saturated heterocycles. The van der Waals surface area contributed by atoms with Crippen molar-refractivity contribution in [2.75, 3.05) is 7.11 Å². The molecule has 3 rings (SSSR count). The van der Waals surface area contributed by atoms with E-state index in [1.54, 1.807) is 37.7 Å². The number of nitrogens with zero attached hydrogens (tertiary/aromatic N) is 1. The van der Waals surface area contributed by atoms with Crippen molar-refractivity contribution >= 4 is 17.5 Å². The molecule has 1 amide bonds. The second kappa shape index (κ2) is 9.24. The van der Waals surface area contributed by atoms with Crippen LogP contribution in [-0.4, -0.2) is 18.0 Å². The maximum absolute atomic E-state index is 12.6. The van der Waals surface area contributed by atoms with Crippen LogP contribution in [0.25, 0.3) is 0 Å². The van der Waals surface area contributed by atoms with Crippen molar-refractivity contribution in [3.63, 3.8) is 0 Å². The number of halogens is 1. The average Bonchev–Trinajstić information content (AvgIpc) is 2.73. The molecule has 6 heteroatoms. The minimum Gasteiger partial charge on any atom is -0.493 e. The molecule has 1 heterocycles. The first-order valence-corrected chi connectivity index (χ1v) is 9.20. The lowest BCUT2D eigenvalue weighted by Crippen LogP contribution is -2.26. The van der Waals surface area contributed by atoms with Crippen LogP contribution in [-0.2, 0) is 6.61 Å². The number of pyridine rings is 1. The third kappa shape index (κ3) is 5.02. The van der Waals surface area contributed by atoms with Crippen molar-refractivity contribution in [3.05, 3.63) is 88.7 Å². The fourth-order valence-corrected chi connectivity index (χ4v) is 2.79. The number of aromatic nitrogens is 1. The highest BCUT2D eigenvalue weighted by Crippen LogP contribution is 2.29. The Morgan fingerprint density at radius 2 is 1.93 bits per heavy atom. The second-order valence-corrected chi connectivity index (χ2v) is 6.70. The van der Waals surface area contributed by atoms with Crippen LogP contribution in [0.5, 0.6) is 11.5 Å². The van der Waals surface area contributed by atoms with Crippen molar-refractivity contribution in [3.8, 4) is 11.5 Å². The first kappa shape index (κ1) is 19.7. The summed E-state index contributed by atoms with van der Waals surface area (Å²) in [5.74, 6) is 0.865. The highest BCUT2D eigenvalue weighted by molar-refractivity contribution is 6.30. The number of hydrogen-bond acceptors (Lipinski definition) is 4. The summed E-state index contributed by atoms with van der Waals surface area (Å²) in [5, 5.41) is 3.64. The molecular weight excluding hydrogens is 376 g/mol. The van der Waals surface area contributed by atoms with Crippen LogP contribution in [0.3, 0.4) is 0 Å². The zero-order valence-electron chi connectivity index (χ0n) is 15.7. The summed E-state index contributed by atoms with van der Waals surface area (Å²) in [7, 11) is 1.55. The lowest BCUT2D eigenvalue weighted by atomic mass is 10.1. The number of carbonyl (C=O) groups is 1. The van der Waals surface area contributed by atoms with Gasteiger partial charge >= 0.3 is 0 Å². The van der Waals surface area contributed by atoms with Crippen LogP contribution in [0.2, 0.25) is 5.02 Å². The molecule has 3 aromatic rings. The van der Waals surface area contributed by atoms with Gasteiger partial charge in [0.05, 0.1) is 13.2 Å². The molecule has 0 fully saturated rings. The molecular formula is C22H21ClN2O3. The van der Waals surface area contributed by atoms with Crippen molar-refractivity contribution < 1.29 is 14.3 Å². The van der Waals surface area contributed by atoms with Crippen LogP contribution >= 0.6 is 11.6 Å². The molecule has 5 nitrogen and oxygen atoms in total. The largest absolute Gasteiger partial charge is 0.493 e. The number of benzene rings is 2. The number of rotatable bonds is 7. The Kier molecular flexibility index (Phi) is 6.50. The van der Waals surface area contributed by atoms with E-state index in [1.165, 1.54) is 0 Å². The van der Waals surface area contributed by atoms with Crippen LogP contribution in [0.4, 0.5) is 0 Å². The summed E-state index contributed by atoms with van der Waals surface area (Å²) in [6.07, 6.45) is 3.44. The average molecular weight is 397 g/mol. The number of carbonyl (C=O) groups excluding carboxylic acids is 1. The van der Waals surface area contributed by atoms with Crippen molar-refractivity contribution in [2.45, 2.75) is 19.6 Å². The van der Waals surface area contributed by atoms with Crippen LogP contribution in [0.15, 0.2) is 67.0 Å². The minimum absolute atomic E-state index is 0.159. The number of hydrogen-bond donors (Lipinski definition) is 1. The molecule has 0 saturated carbocycles. The molecule has 1 atom stereocenters. The molecule has 0 aliphatic rings. The molecule has 144 valence electrons.